The Balaban J connectivity index is 2.31. The lowest BCUT2D eigenvalue weighted by atomic mass is 9.99. The van der Waals surface area contributed by atoms with Crippen LogP contribution in [0.15, 0.2) is 18.2 Å². The molecule has 1 aliphatic rings. The van der Waals surface area contributed by atoms with Gasteiger partial charge in [0.05, 0.1) is 0 Å². The first-order valence-corrected chi connectivity index (χ1v) is 6.69. The lowest BCUT2D eigenvalue weighted by Crippen LogP contribution is -2.48. The van der Waals surface area contributed by atoms with Crippen molar-refractivity contribution in [3.63, 3.8) is 0 Å². The van der Waals surface area contributed by atoms with Gasteiger partial charge < -0.3 is 10.0 Å². The van der Waals surface area contributed by atoms with Gasteiger partial charge in [-0.05, 0) is 43.9 Å². The summed E-state index contributed by atoms with van der Waals surface area (Å²) in [5.74, 6) is -1.18. The molecule has 0 spiro atoms. The van der Waals surface area contributed by atoms with Crippen LogP contribution >= 0.6 is 11.6 Å². The fourth-order valence-electron chi connectivity index (χ4n) is 2.43. The molecule has 102 valence electrons. The number of aliphatic carboxylic acids is 1. The minimum absolute atomic E-state index is 0.243. The predicted molar refractivity (Wildman–Crippen MR) is 72.5 cm³/mol. The Kier molecular flexibility index (Phi) is 4.10. The van der Waals surface area contributed by atoms with Crippen molar-refractivity contribution in [1.82, 2.24) is 4.90 Å². The third-order valence-corrected chi connectivity index (χ3v) is 3.96. The Hall–Kier alpha value is -1.55. The SMILES string of the molecule is Cc1c(Cl)cccc1C(=O)N1CCCCC1C(=O)O. The number of likely N-dealkylation sites (tertiary alicyclic amines) is 1. The first-order chi connectivity index (χ1) is 9.02. The van der Waals surface area contributed by atoms with Gasteiger partial charge >= 0.3 is 5.97 Å². The van der Waals surface area contributed by atoms with E-state index in [0.717, 1.165) is 12.8 Å². The van der Waals surface area contributed by atoms with Crippen LogP contribution < -0.4 is 0 Å². The van der Waals surface area contributed by atoms with E-state index in [1.54, 1.807) is 25.1 Å². The Morgan fingerprint density at radius 1 is 1.37 bits per heavy atom. The monoisotopic (exact) mass is 281 g/mol. The van der Waals surface area contributed by atoms with Gasteiger partial charge in [0.25, 0.3) is 5.91 Å². The van der Waals surface area contributed by atoms with Crippen molar-refractivity contribution in [2.75, 3.05) is 6.54 Å². The Labute approximate surface area is 117 Å². The van der Waals surface area contributed by atoms with Crippen molar-refractivity contribution in [3.8, 4) is 0 Å². The van der Waals surface area contributed by atoms with Crippen molar-refractivity contribution in [3.05, 3.63) is 34.3 Å². The van der Waals surface area contributed by atoms with E-state index in [0.29, 0.717) is 29.1 Å². The predicted octanol–water partition coefficient (Wildman–Crippen LogP) is 2.73. The first kappa shape index (κ1) is 13.9. The van der Waals surface area contributed by atoms with Gasteiger partial charge in [-0.2, -0.15) is 0 Å². The molecule has 2 rings (SSSR count). The summed E-state index contributed by atoms with van der Waals surface area (Å²) in [5.41, 5.74) is 1.18. The molecule has 1 heterocycles. The van der Waals surface area contributed by atoms with Crippen molar-refractivity contribution in [2.45, 2.75) is 32.2 Å². The molecule has 0 aromatic heterocycles. The molecule has 1 aliphatic heterocycles. The number of nitrogens with zero attached hydrogens (tertiary/aromatic N) is 1. The molecule has 1 fully saturated rings. The fourth-order valence-corrected chi connectivity index (χ4v) is 2.60. The number of hydrogen-bond acceptors (Lipinski definition) is 2. The molecule has 1 saturated heterocycles. The van der Waals surface area contributed by atoms with E-state index in [-0.39, 0.29) is 5.91 Å². The molecule has 19 heavy (non-hydrogen) atoms. The van der Waals surface area contributed by atoms with Gasteiger partial charge in [0.1, 0.15) is 6.04 Å². The smallest absolute Gasteiger partial charge is 0.326 e. The topological polar surface area (TPSA) is 57.6 Å². The van der Waals surface area contributed by atoms with Gasteiger partial charge in [-0.1, -0.05) is 17.7 Å². The molecule has 0 aliphatic carbocycles. The highest BCUT2D eigenvalue weighted by atomic mass is 35.5. The van der Waals surface area contributed by atoms with Gasteiger partial charge in [0.2, 0.25) is 0 Å². The zero-order chi connectivity index (χ0) is 14.0. The Morgan fingerprint density at radius 2 is 2.11 bits per heavy atom. The van der Waals surface area contributed by atoms with E-state index in [1.807, 2.05) is 0 Å². The molecular weight excluding hydrogens is 266 g/mol. The summed E-state index contributed by atoms with van der Waals surface area (Å²) in [5, 5.41) is 9.73. The lowest BCUT2D eigenvalue weighted by Gasteiger charge is -2.33. The summed E-state index contributed by atoms with van der Waals surface area (Å²) in [6.45, 7) is 2.26. The Bertz CT molecular complexity index is 515. The van der Waals surface area contributed by atoms with E-state index in [2.05, 4.69) is 0 Å². The van der Waals surface area contributed by atoms with Gasteiger partial charge in [-0.15, -0.1) is 0 Å². The summed E-state index contributed by atoms with van der Waals surface area (Å²) in [6.07, 6.45) is 2.20. The van der Waals surface area contributed by atoms with Crippen LogP contribution in [0.4, 0.5) is 0 Å². The minimum Gasteiger partial charge on any atom is -0.480 e. The average Bonchev–Trinajstić information content (AvgIpc) is 2.41. The van der Waals surface area contributed by atoms with Crippen LogP contribution in [-0.4, -0.2) is 34.5 Å². The van der Waals surface area contributed by atoms with E-state index < -0.39 is 12.0 Å². The van der Waals surface area contributed by atoms with Crippen LogP contribution in [0.5, 0.6) is 0 Å². The maximum absolute atomic E-state index is 12.5. The largest absolute Gasteiger partial charge is 0.480 e. The zero-order valence-electron chi connectivity index (χ0n) is 10.7. The standard InChI is InChI=1S/C14H16ClNO3/c1-9-10(5-4-6-11(9)15)13(17)16-8-3-2-7-12(16)14(18)19/h4-6,12H,2-3,7-8H2,1H3,(H,18,19). The van der Waals surface area contributed by atoms with Crippen molar-refractivity contribution in [1.29, 1.82) is 0 Å². The fraction of sp³-hybridized carbons (Fsp3) is 0.429. The molecule has 1 aromatic carbocycles. The molecule has 1 unspecified atom stereocenters. The third kappa shape index (κ3) is 2.73. The molecule has 1 atom stereocenters. The molecule has 1 N–H and O–H groups in total. The average molecular weight is 282 g/mol. The molecule has 1 amide bonds. The van der Waals surface area contributed by atoms with Gasteiger partial charge in [-0.25, -0.2) is 4.79 Å². The second-order valence-corrected chi connectivity index (χ2v) is 5.17. The third-order valence-electron chi connectivity index (χ3n) is 3.55. The maximum atomic E-state index is 12.5. The summed E-state index contributed by atoms with van der Waals surface area (Å²) in [7, 11) is 0. The normalized spacial score (nSPS) is 19.3. The van der Waals surface area contributed by atoms with Crippen molar-refractivity contribution in [2.24, 2.45) is 0 Å². The number of rotatable bonds is 2. The van der Waals surface area contributed by atoms with E-state index in [1.165, 1.54) is 4.90 Å². The van der Waals surface area contributed by atoms with E-state index >= 15 is 0 Å². The van der Waals surface area contributed by atoms with Crippen molar-refractivity contribution < 1.29 is 14.7 Å². The van der Waals surface area contributed by atoms with Gasteiger partial charge in [0.15, 0.2) is 0 Å². The summed E-state index contributed by atoms with van der Waals surface area (Å²) < 4.78 is 0. The minimum atomic E-state index is -0.937. The van der Waals surface area contributed by atoms with Crippen LogP contribution in [0.1, 0.15) is 35.2 Å². The van der Waals surface area contributed by atoms with Gasteiger partial charge in [0, 0.05) is 17.1 Å². The lowest BCUT2D eigenvalue weighted by molar-refractivity contribution is -0.143. The highest BCUT2D eigenvalue weighted by Crippen LogP contribution is 2.24. The Morgan fingerprint density at radius 3 is 2.79 bits per heavy atom. The van der Waals surface area contributed by atoms with E-state index in [9.17, 15) is 14.7 Å². The molecule has 4 nitrogen and oxygen atoms in total. The molecule has 0 radical (unpaired) electrons. The second kappa shape index (κ2) is 5.61. The maximum Gasteiger partial charge on any atom is 0.326 e. The molecule has 0 bridgehead atoms. The van der Waals surface area contributed by atoms with Crippen LogP contribution in [0.2, 0.25) is 5.02 Å². The second-order valence-electron chi connectivity index (χ2n) is 4.76. The van der Waals surface area contributed by atoms with Crippen LogP contribution in [0, 0.1) is 6.92 Å². The summed E-state index contributed by atoms with van der Waals surface area (Å²) in [6, 6.07) is 4.40. The summed E-state index contributed by atoms with van der Waals surface area (Å²) in [4.78, 5) is 25.2. The van der Waals surface area contributed by atoms with Gasteiger partial charge in [-0.3, -0.25) is 4.79 Å². The zero-order valence-corrected chi connectivity index (χ0v) is 11.5. The number of benzene rings is 1. The number of hydrogen-bond donors (Lipinski definition) is 1. The molecular formula is C14H16ClNO3. The molecule has 0 saturated carbocycles. The number of carboxylic acids is 1. The van der Waals surface area contributed by atoms with Crippen LogP contribution in [-0.2, 0) is 4.79 Å². The molecule has 1 aromatic rings. The number of piperidine rings is 1. The highest BCUT2D eigenvalue weighted by molar-refractivity contribution is 6.31. The van der Waals surface area contributed by atoms with E-state index in [4.69, 9.17) is 11.6 Å². The quantitative estimate of drug-likeness (QED) is 0.907. The number of carboxylic acid groups (broad SMARTS) is 1. The number of amides is 1. The first-order valence-electron chi connectivity index (χ1n) is 6.31. The van der Waals surface area contributed by atoms with Crippen LogP contribution in [0.3, 0.4) is 0 Å². The van der Waals surface area contributed by atoms with Crippen molar-refractivity contribution >= 4 is 23.5 Å². The number of carbonyl (C=O) groups is 2. The number of carbonyl (C=O) groups excluding carboxylic acids is 1. The summed E-state index contributed by atoms with van der Waals surface area (Å²) >= 11 is 6.01. The number of halogens is 1. The highest BCUT2D eigenvalue weighted by Gasteiger charge is 2.33. The van der Waals surface area contributed by atoms with Crippen LogP contribution in [0.25, 0.3) is 0 Å². The molecule has 5 heteroatoms.